The molecule has 5 atom stereocenters. The summed E-state index contributed by atoms with van der Waals surface area (Å²) in [6, 6.07) is 4.30. The van der Waals surface area contributed by atoms with Crippen LogP contribution in [0.15, 0.2) is 12.1 Å². The van der Waals surface area contributed by atoms with Crippen LogP contribution in [-0.4, -0.2) is 0 Å². The quantitative estimate of drug-likeness (QED) is 0.245. The van der Waals surface area contributed by atoms with E-state index in [0.29, 0.717) is 5.92 Å². The van der Waals surface area contributed by atoms with E-state index in [0.717, 1.165) is 35.7 Å². The van der Waals surface area contributed by atoms with Gasteiger partial charge in [-0.25, -0.2) is 4.39 Å². The fourth-order valence-electron chi connectivity index (χ4n) is 8.04. The third-order valence-corrected chi connectivity index (χ3v) is 10.2. The van der Waals surface area contributed by atoms with Crippen LogP contribution < -0.4 is 0 Å². The predicted molar refractivity (Wildman–Crippen MR) is 150 cm³/mol. The van der Waals surface area contributed by atoms with Crippen molar-refractivity contribution in [2.45, 2.75) is 155 Å². The first-order valence-corrected chi connectivity index (χ1v) is 16.0. The lowest BCUT2D eigenvalue weighted by Gasteiger charge is -2.42. The van der Waals surface area contributed by atoms with Crippen molar-refractivity contribution in [1.29, 1.82) is 0 Å². The van der Waals surface area contributed by atoms with Crippen molar-refractivity contribution in [3.8, 4) is 0 Å². The van der Waals surface area contributed by atoms with Crippen LogP contribution in [0.3, 0.4) is 0 Å². The average Bonchev–Trinajstić information content (AvgIpc) is 2.87. The molecule has 5 unspecified atom stereocenters. The van der Waals surface area contributed by atoms with Crippen LogP contribution in [0, 0.1) is 29.5 Å². The fourth-order valence-corrected chi connectivity index (χ4v) is 8.04. The summed E-state index contributed by atoms with van der Waals surface area (Å²) in [6.07, 6.45) is 28.5. The standard InChI is InChI=1S/C34H55F/c1-3-5-7-9-11-13-26-15-17-29-23-31(20-19-28(29)21-26)33-24-30-18-16-27(14-12-10-8-6-4-2)22-32(30)25-34(33)35/h24-29,31H,3-23H2,1-2H3. The number of hydrogen-bond acceptors (Lipinski definition) is 0. The molecule has 1 heteroatoms. The number of unbranched alkanes of at least 4 members (excludes halogenated alkanes) is 8. The maximum Gasteiger partial charge on any atom is 0.126 e. The summed E-state index contributed by atoms with van der Waals surface area (Å²) >= 11 is 0. The van der Waals surface area contributed by atoms with Crippen LogP contribution in [0.5, 0.6) is 0 Å². The summed E-state index contributed by atoms with van der Waals surface area (Å²) in [6.45, 7) is 4.59. The lowest BCUT2D eigenvalue weighted by molar-refractivity contribution is 0.112. The van der Waals surface area contributed by atoms with Gasteiger partial charge in [0.2, 0.25) is 0 Å². The second-order valence-electron chi connectivity index (χ2n) is 12.9. The van der Waals surface area contributed by atoms with Crippen LogP contribution in [0.2, 0.25) is 0 Å². The molecule has 0 heterocycles. The molecular weight excluding hydrogens is 427 g/mol. The highest BCUT2D eigenvalue weighted by molar-refractivity contribution is 5.37. The molecular formula is C34H55F. The lowest BCUT2D eigenvalue weighted by Crippen LogP contribution is -2.31. The number of hydrogen-bond donors (Lipinski definition) is 0. The lowest BCUT2D eigenvalue weighted by atomic mass is 9.63. The van der Waals surface area contributed by atoms with Gasteiger partial charge < -0.3 is 0 Å². The largest absolute Gasteiger partial charge is 0.207 e. The third-order valence-electron chi connectivity index (χ3n) is 10.2. The van der Waals surface area contributed by atoms with Crippen LogP contribution >= 0.6 is 0 Å². The average molecular weight is 483 g/mol. The Bertz CT molecular complexity index is 751. The van der Waals surface area contributed by atoms with E-state index in [2.05, 4.69) is 19.9 Å². The summed E-state index contributed by atoms with van der Waals surface area (Å²) in [7, 11) is 0. The van der Waals surface area contributed by atoms with Gasteiger partial charge in [-0.2, -0.15) is 0 Å². The minimum atomic E-state index is 0.122. The van der Waals surface area contributed by atoms with Crippen molar-refractivity contribution in [2.75, 3.05) is 0 Å². The van der Waals surface area contributed by atoms with Gasteiger partial charge in [0, 0.05) is 0 Å². The van der Waals surface area contributed by atoms with Crippen molar-refractivity contribution < 1.29 is 4.39 Å². The van der Waals surface area contributed by atoms with Crippen molar-refractivity contribution >= 4 is 0 Å². The Kier molecular flexibility index (Phi) is 11.0. The van der Waals surface area contributed by atoms with E-state index in [1.165, 1.54) is 140 Å². The first kappa shape index (κ1) is 27.2. The Morgan fingerprint density at radius 1 is 0.657 bits per heavy atom. The van der Waals surface area contributed by atoms with Gasteiger partial charge in [0.25, 0.3) is 0 Å². The molecule has 0 bridgehead atoms. The van der Waals surface area contributed by atoms with E-state index in [1.54, 1.807) is 0 Å². The molecule has 35 heavy (non-hydrogen) atoms. The van der Waals surface area contributed by atoms with Gasteiger partial charge in [-0.1, -0.05) is 103 Å². The van der Waals surface area contributed by atoms with Crippen molar-refractivity contribution in [3.05, 3.63) is 34.6 Å². The number of halogens is 1. The molecule has 0 amide bonds. The van der Waals surface area contributed by atoms with Crippen LogP contribution in [0.1, 0.15) is 158 Å². The minimum absolute atomic E-state index is 0.122. The summed E-state index contributed by atoms with van der Waals surface area (Å²) in [4.78, 5) is 0. The highest BCUT2D eigenvalue weighted by atomic mass is 19.1. The number of rotatable bonds is 13. The highest BCUT2D eigenvalue weighted by Gasteiger charge is 2.36. The number of aryl methyl sites for hydroxylation is 1. The molecule has 4 rings (SSSR count). The fraction of sp³-hybridized carbons (Fsp3) is 0.824. The number of benzene rings is 1. The Morgan fingerprint density at radius 3 is 2.06 bits per heavy atom. The molecule has 0 aliphatic heterocycles. The summed E-state index contributed by atoms with van der Waals surface area (Å²) < 4.78 is 15.4. The Morgan fingerprint density at radius 2 is 1.31 bits per heavy atom. The molecule has 0 aromatic heterocycles. The Labute approximate surface area is 217 Å². The maximum atomic E-state index is 15.4. The second kappa shape index (κ2) is 14.2. The maximum absolute atomic E-state index is 15.4. The van der Waals surface area contributed by atoms with E-state index < -0.39 is 0 Å². The van der Waals surface area contributed by atoms with Gasteiger partial charge >= 0.3 is 0 Å². The topological polar surface area (TPSA) is 0 Å². The Balaban J connectivity index is 1.25. The van der Waals surface area contributed by atoms with Crippen LogP contribution in [-0.2, 0) is 12.8 Å². The molecule has 0 nitrogen and oxygen atoms in total. The normalized spacial score (nSPS) is 28.5. The SMILES string of the molecule is CCCCCCCC1CCc2cc(C3CCC4CC(CCCCCCC)CCC4C3)c(F)cc2C1. The first-order chi connectivity index (χ1) is 17.2. The van der Waals surface area contributed by atoms with E-state index in [9.17, 15) is 0 Å². The van der Waals surface area contributed by atoms with E-state index in [-0.39, 0.29) is 5.82 Å². The van der Waals surface area contributed by atoms with E-state index >= 15 is 4.39 Å². The van der Waals surface area contributed by atoms with E-state index in [4.69, 9.17) is 0 Å². The molecule has 0 radical (unpaired) electrons. The van der Waals surface area contributed by atoms with Gasteiger partial charge in [0.15, 0.2) is 0 Å². The first-order valence-electron chi connectivity index (χ1n) is 16.0. The Hall–Kier alpha value is -0.850. The summed E-state index contributed by atoms with van der Waals surface area (Å²) in [5.74, 6) is 4.15. The molecule has 0 saturated heterocycles. The zero-order valence-electron chi connectivity index (χ0n) is 23.3. The smallest absolute Gasteiger partial charge is 0.126 e. The van der Waals surface area contributed by atoms with Crippen LogP contribution in [0.25, 0.3) is 0 Å². The molecule has 3 aliphatic carbocycles. The molecule has 3 aliphatic rings. The molecule has 1 aromatic carbocycles. The van der Waals surface area contributed by atoms with Gasteiger partial charge in [0.1, 0.15) is 5.82 Å². The molecule has 0 N–H and O–H groups in total. The molecule has 1 aromatic rings. The summed E-state index contributed by atoms with van der Waals surface area (Å²) in [5, 5.41) is 0. The van der Waals surface area contributed by atoms with Gasteiger partial charge in [-0.3, -0.25) is 0 Å². The predicted octanol–water partition coefficient (Wildman–Crippen LogP) is 11.0. The number of fused-ring (bicyclic) bond motifs is 2. The minimum Gasteiger partial charge on any atom is -0.207 e. The molecule has 2 saturated carbocycles. The van der Waals surface area contributed by atoms with Crippen molar-refractivity contribution in [1.82, 2.24) is 0 Å². The van der Waals surface area contributed by atoms with Crippen LogP contribution in [0.4, 0.5) is 4.39 Å². The zero-order valence-corrected chi connectivity index (χ0v) is 23.3. The monoisotopic (exact) mass is 482 g/mol. The second-order valence-corrected chi connectivity index (χ2v) is 12.9. The third kappa shape index (κ3) is 7.82. The van der Waals surface area contributed by atoms with Gasteiger partial charge in [0.05, 0.1) is 0 Å². The molecule has 0 spiro atoms. The molecule has 198 valence electrons. The van der Waals surface area contributed by atoms with Crippen molar-refractivity contribution in [3.63, 3.8) is 0 Å². The molecule has 2 fully saturated rings. The van der Waals surface area contributed by atoms with E-state index in [1.807, 2.05) is 6.07 Å². The zero-order chi connectivity index (χ0) is 24.5. The summed E-state index contributed by atoms with van der Waals surface area (Å²) in [5.41, 5.74) is 3.90. The highest BCUT2D eigenvalue weighted by Crippen LogP contribution is 2.49. The van der Waals surface area contributed by atoms with Crippen molar-refractivity contribution in [2.24, 2.45) is 23.7 Å². The van der Waals surface area contributed by atoms with Gasteiger partial charge in [-0.15, -0.1) is 0 Å². The van der Waals surface area contributed by atoms with Gasteiger partial charge in [-0.05, 0) is 104 Å².